The Bertz CT molecular complexity index is 195. The monoisotopic (exact) mass is 182 g/mol. The van der Waals surface area contributed by atoms with Crippen molar-refractivity contribution in [2.24, 2.45) is 0 Å². The Balaban J connectivity index is 0.000000187. The first-order valence-electron chi connectivity index (χ1n) is 2.86. The molecule has 0 aromatic carbocycles. The third-order valence-corrected chi connectivity index (χ3v) is 0.832. The van der Waals surface area contributed by atoms with E-state index >= 15 is 0 Å². The standard InChI is InChI=1S/C5H8O.H2O4S/c1-2-3-5-4-6-5;1-5(2,3)4/h2,5H,1,3-4H2;(H2,1,2,3,4). The molecule has 6 heteroatoms. The van der Waals surface area contributed by atoms with Gasteiger partial charge < -0.3 is 4.74 Å². The summed E-state index contributed by atoms with van der Waals surface area (Å²) >= 11 is 0. The minimum absolute atomic E-state index is 0.530. The summed E-state index contributed by atoms with van der Waals surface area (Å²) < 4.78 is 36.5. The van der Waals surface area contributed by atoms with Gasteiger partial charge in [0.1, 0.15) is 0 Å². The Labute approximate surface area is 65.3 Å². The molecule has 1 heterocycles. The number of ether oxygens (including phenoxy) is 1. The zero-order valence-electron chi connectivity index (χ0n) is 5.80. The Morgan fingerprint density at radius 1 is 1.64 bits per heavy atom. The van der Waals surface area contributed by atoms with Crippen molar-refractivity contribution in [1.29, 1.82) is 0 Å². The van der Waals surface area contributed by atoms with E-state index < -0.39 is 10.4 Å². The van der Waals surface area contributed by atoms with Crippen molar-refractivity contribution < 1.29 is 22.3 Å². The molecule has 1 aliphatic heterocycles. The summed E-state index contributed by atoms with van der Waals surface area (Å²) in [5, 5.41) is 0. The number of hydrogen-bond acceptors (Lipinski definition) is 3. The second-order valence-corrected chi connectivity index (χ2v) is 2.82. The first-order chi connectivity index (χ1) is 4.93. The van der Waals surface area contributed by atoms with Gasteiger partial charge in [-0.1, -0.05) is 6.08 Å². The summed E-state index contributed by atoms with van der Waals surface area (Å²) in [6.45, 7) is 4.51. The maximum Gasteiger partial charge on any atom is 0.394 e. The molecule has 1 atom stereocenters. The lowest BCUT2D eigenvalue weighted by Crippen LogP contribution is -1.89. The van der Waals surface area contributed by atoms with E-state index in [1.807, 2.05) is 6.08 Å². The molecule has 1 saturated heterocycles. The lowest BCUT2D eigenvalue weighted by Gasteiger charge is -1.73. The summed E-state index contributed by atoms with van der Waals surface area (Å²) in [4.78, 5) is 0. The van der Waals surface area contributed by atoms with Crippen LogP contribution >= 0.6 is 0 Å². The predicted octanol–water partition coefficient (Wildman–Crippen LogP) is 0.308. The van der Waals surface area contributed by atoms with Crippen LogP contribution in [-0.4, -0.2) is 30.2 Å². The zero-order chi connectivity index (χ0) is 8.91. The van der Waals surface area contributed by atoms with E-state index in [0.29, 0.717) is 6.10 Å². The molecule has 1 rings (SSSR count). The molecule has 11 heavy (non-hydrogen) atoms. The second-order valence-electron chi connectivity index (χ2n) is 1.93. The molecule has 0 bridgehead atoms. The van der Waals surface area contributed by atoms with Gasteiger partial charge in [-0.25, -0.2) is 0 Å². The zero-order valence-corrected chi connectivity index (χ0v) is 6.62. The lowest BCUT2D eigenvalue weighted by molar-refractivity contribution is 0.381. The maximum absolute atomic E-state index is 8.74. The van der Waals surface area contributed by atoms with Crippen molar-refractivity contribution in [3.05, 3.63) is 12.7 Å². The fraction of sp³-hybridized carbons (Fsp3) is 0.600. The van der Waals surface area contributed by atoms with Crippen molar-refractivity contribution in [3.8, 4) is 0 Å². The van der Waals surface area contributed by atoms with Crippen LogP contribution in [0, 0.1) is 0 Å². The average molecular weight is 182 g/mol. The van der Waals surface area contributed by atoms with Gasteiger partial charge in [0.15, 0.2) is 0 Å². The molecule has 1 fully saturated rings. The summed E-state index contributed by atoms with van der Waals surface area (Å²) in [6.07, 6.45) is 3.44. The molecule has 0 aliphatic carbocycles. The van der Waals surface area contributed by atoms with Crippen LogP contribution < -0.4 is 0 Å². The summed E-state index contributed by atoms with van der Waals surface area (Å²) in [5.74, 6) is 0. The molecule has 0 saturated carbocycles. The van der Waals surface area contributed by atoms with Gasteiger partial charge in [0.2, 0.25) is 0 Å². The van der Waals surface area contributed by atoms with Gasteiger partial charge in [0.25, 0.3) is 0 Å². The third-order valence-electron chi connectivity index (χ3n) is 0.832. The number of epoxide rings is 1. The van der Waals surface area contributed by atoms with E-state index in [1.54, 1.807) is 0 Å². The van der Waals surface area contributed by atoms with Crippen LogP contribution in [0.3, 0.4) is 0 Å². The molecular formula is C5H10O5S. The van der Waals surface area contributed by atoms with Gasteiger partial charge in [-0.05, 0) is 6.42 Å². The highest BCUT2D eigenvalue weighted by Crippen LogP contribution is 2.12. The molecule has 0 amide bonds. The van der Waals surface area contributed by atoms with Crippen LogP contribution in [0.5, 0.6) is 0 Å². The van der Waals surface area contributed by atoms with E-state index in [-0.39, 0.29) is 0 Å². The highest BCUT2D eigenvalue weighted by Gasteiger charge is 2.19. The van der Waals surface area contributed by atoms with E-state index in [4.69, 9.17) is 22.3 Å². The van der Waals surface area contributed by atoms with E-state index in [0.717, 1.165) is 13.0 Å². The Kier molecular flexibility index (Phi) is 4.27. The minimum Gasteiger partial charge on any atom is -0.373 e. The van der Waals surface area contributed by atoms with Crippen molar-refractivity contribution in [2.75, 3.05) is 6.61 Å². The molecule has 0 aromatic heterocycles. The molecular weight excluding hydrogens is 172 g/mol. The molecule has 1 aliphatic rings. The van der Waals surface area contributed by atoms with Crippen LogP contribution in [0.15, 0.2) is 12.7 Å². The van der Waals surface area contributed by atoms with E-state index in [2.05, 4.69) is 6.58 Å². The maximum atomic E-state index is 8.74. The molecule has 66 valence electrons. The predicted molar refractivity (Wildman–Crippen MR) is 38.7 cm³/mol. The molecule has 0 aromatic rings. The van der Waals surface area contributed by atoms with Crippen LogP contribution in [0.25, 0.3) is 0 Å². The summed E-state index contributed by atoms with van der Waals surface area (Å²) in [7, 11) is -4.67. The summed E-state index contributed by atoms with van der Waals surface area (Å²) in [6, 6.07) is 0. The molecule has 1 unspecified atom stereocenters. The van der Waals surface area contributed by atoms with Gasteiger partial charge in [0, 0.05) is 0 Å². The van der Waals surface area contributed by atoms with Crippen LogP contribution in [-0.2, 0) is 15.1 Å². The Morgan fingerprint density at radius 2 is 2.00 bits per heavy atom. The third kappa shape index (κ3) is 17.7. The van der Waals surface area contributed by atoms with Gasteiger partial charge in [-0.3, -0.25) is 9.11 Å². The van der Waals surface area contributed by atoms with Crippen molar-refractivity contribution in [2.45, 2.75) is 12.5 Å². The van der Waals surface area contributed by atoms with Gasteiger partial charge in [0.05, 0.1) is 12.7 Å². The van der Waals surface area contributed by atoms with Crippen molar-refractivity contribution >= 4 is 10.4 Å². The van der Waals surface area contributed by atoms with Crippen molar-refractivity contribution in [1.82, 2.24) is 0 Å². The van der Waals surface area contributed by atoms with Gasteiger partial charge >= 0.3 is 10.4 Å². The molecule has 0 spiro atoms. The van der Waals surface area contributed by atoms with E-state index in [1.165, 1.54) is 0 Å². The Hall–Kier alpha value is -0.430. The second kappa shape index (κ2) is 4.45. The number of hydrogen-bond donors (Lipinski definition) is 2. The Morgan fingerprint density at radius 3 is 2.09 bits per heavy atom. The smallest absolute Gasteiger partial charge is 0.373 e. The highest BCUT2D eigenvalue weighted by molar-refractivity contribution is 7.79. The SMILES string of the molecule is C=CCC1CO1.O=S(=O)(O)O. The fourth-order valence-electron chi connectivity index (χ4n) is 0.390. The van der Waals surface area contributed by atoms with Crippen LogP contribution in [0.1, 0.15) is 6.42 Å². The fourth-order valence-corrected chi connectivity index (χ4v) is 0.390. The van der Waals surface area contributed by atoms with Gasteiger partial charge in [-0.15, -0.1) is 6.58 Å². The molecule has 0 radical (unpaired) electrons. The number of rotatable bonds is 2. The first kappa shape index (κ1) is 10.6. The summed E-state index contributed by atoms with van der Waals surface area (Å²) in [5.41, 5.74) is 0. The lowest BCUT2D eigenvalue weighted by atomic mass is 10.3. The normalized spacial score (nSPS) is 21.5. The minimum atomic E-state index is -4.67. The van der Waals surface area contributed by atoms with Crippen molar-refractivity contribution in [3.63, 3.8) is 0 Å². The van der Waals surface area contributed by atoms with Crippen LogP contribution in [0.2, 0.25) is 0 Å². The average Bonchev–Trinajstić information content (AvgIpc) is 2.45. The highest BCUT2D eigenvalue weighted by atomic mass is 32.3. The largest absolute Gasteiger partial charge is 0.394 e. The quantitative estimate of drug-likeness (QED) is 0.364. The topological polar surface area (TPSA) is 87.1 Å². The van der Waals surface area contributed by atoms with E-state index in [9.17, 15) is 0 Å². The molecule has 2 N–H and O–H groups in total. The first-order valence-corrected chi connectivity index (χ1v) is 4.25. The molecule has 5 nitrogen and oxygen atoms in total. The van der Waals surface area contributed by atoms with Crippen LogP contribution in [0.4, 0.5) is 0 Å². The van der Waals surface area contributed by atoms with Gasteiger partial charge in [-0.2, -0.15) is 8.42 Å².